The van der Waals surface area contributed by atoms with Gasteiger partial charge in [-0.1, -0.05) is 0 Å². The second kappa shape index (κ2) is 6.17. The van der Waals surface area contributed by atoms with Crippen molar-refractivity contribution < 1.29 is 29.3 Å². The molecule has 2 aromatic carbocycles. The van der Waals surface area contributed by atoms with Gasteiger partial charge in [0.05, 0.1) is 25.3 Å². The van der Waals surface area contributed by atoms with E-state index in [1.807, 2.05) is 0 Å². The van der Waals surface area contributed by atoms with Crippen LogP contribution in [0.2, 0.25) is 0 Å². The van der Waals surface area contributed by atoms with Crippen molar-refractivity contribution in [3.05, 3.63) is 47.5 Å². The van der Waals surface area contributed by atoms with E-state index in [1.54, 1.807) is 0 Å². The smallest absolute Gasteiger partial charge is 0.338 e. The zero-order valence-corrected chi connectivity index (χ0v) is 12.0. The molecule has 2 N–H and O–H groups in total. The van der Waals surface area contributed by atoms with Crippen LogP contribution >= 0.6 is 0 Å². The van der Waals surface area contributed by atoms with Gasteiger partial charge in [0.15, 0.2) is 0 Å². The first kappa shape index (κ1) is 15.4. The Labute approximate surface area is 126 Å². The molecule has 0 amide bonds. The predicted octanol–water partition coefficient (Wildman–Crippen LogP) is 2.34. The Morgan fingerprint density at radius 2 is 1.14 bits per heavy atom. The van der Waals surface area contributed by atoms with Gasteiger partial charge in [-0.25, -0.2) is 9.59 Å². The molecular weight excluding hydrogens is 288 g/mol. The van der Waals surface area contributed by atoms with Crippen LogP contribution in [-0.2, 0) is 9.47 Å². The van der Waals surface area contributed by atoms with E-state index in [9.17, 15) is 19.8 Å². The lowest BCUT2D eigenvalue weighted by molar-refractivity contribution is 0.0590. The molecule has 22 heavy (non-hydrogen) atoms. The molecule has 0 aliphatic carbocycles. The third-order valence-electron chi connectivity index (χ3n) is 3.11. The summed E-state index contributed by atoms with van der Waals surface area (Å²) in [5, 5.41) is 19.4. The van der Waals surface area contributed by atoms with Gasteiger partial charge in [0, 0.05) is 11.1 Å². The molecule has 0 bridgehead atoms. The molecule has 0 unspecified atom stereocenters. The fourth-order valence-electron chi connectivity index (χ4n) is 2.09. The Balaban J connectivity index is 2.75. The van der Waals surface area contributed by atoms with Crippen molar-refractivity contribution in [2.75, 3.05) is 14.2 Å². The lowest BCUT2D eigenvalue weighted by Gasteiger charge is -2.12. The Morgan fingerprint density at radius 3 is 1.45 bits per heavy atom. The SMILES string of the molecule is COC(=O)c1ccc(O)cc1-c1cc(O)ccc1C(=O)OC. The van der Waals surface area contributed by atoms with Gasteiger partial charge < -0.3 is 19.7 Å². The number of methoxy groups -OCH3 is 2. The summed E-state index contributed by atoms with van der Waals surface area (Å²) >= 11 is 0. The molecule has 0 fully saturated rings. The van der Waals surface area contributed by atoms with Crippen LogP contribution in [-0.4, -0.2) is 36.4 Å². The zero-order valence-electron chi connectivity index (χ0n) is 12.0. The van der Waals surface area contributed by atoms with Crippen LogP contribution in [0, 0.1) is 0 Å². The highest BCUT2D eigenvalue weighted by molar-refractivity contribution is 6.03. The number of ether oxygens (including phenoxy) is 2. The maximum Gasteiger partial charge on any atom is 0.338 e. The van der Waals surface area contributed by atoms with Gasteiger partial charge in [-0.2, -0.15) is 0 Å². The molecule has 0 aliphatic heterocycles. The number of hydrogen-bond acceptors (Lipinski definition) is 6. The van der Waals surface area contributed by atoms with Crippen LogP contribution < -0.4 is 0 Å². The fourth-order valence-corrected chi connectivity index (χ4v) is 2.09. The van der Waals surface area contributed by atoms with Crippen molar-refractivity contribution in [1.82, 2.24) is 0 Å². The number of carbonyl (C=O) groups is 2. The monoisotopic (exact) mass is 302 g/mol. The number of carbonyl (C=O) groups excluding carboxylic acids is 2. The van der Waals surface area contributed by atoms with E-state index in [-0.39, 0.29) is 33.8 Å². The van der Waals surface area contributed by atoms with E-state index in [4.69, 9.17) is 9.47 Å². The largest absolute Gasteiger partial charge is 0.508 e. The molecule has 0 heterocycles. The lowest BCUT2D eigenvalue weighted by Crippen LogP contribution is -2.07. The maximum atomic E-state index is 11.9. The van der Waals surface area contributed by atoms with Crippen molar-refractivity contribution in [2.24, 2.45) is 0 Å². The summed E-state index contributed by atoms with van der Waals surface area (Å²) < 4.78 is 9.39. The van der Waals surface area contributed by atoms with Gasteiger partial charge in [-0.3, -0.25) is 0 Å². The molecular formula is C16H14O6. The lowest BCUT2D eigenvalue weighted by atomic mass is 9.94. The highest BCUT2D eigenvalue weighted by Gasteiger charge is 2.20. The van der Waals surface area contributed by atoms with Crippen LogP contribution in [0.1, 0.15) is 20.7 Å². The average molecular weight is 302 g/mol. The molecule has 0 spiro atoms. The summed E-state index contributed by atoms with van der Waals surface area (Å²) in [6.07, 6.45) is 0. The number of phenols is 2. The number of hydrogen-bond donors (Lipinski definition) is 2. The van der Waals surface area contributed by atoms with E-state index < -0.39 is 11.9 Å². The van der Waals surface area contributed by atoms with Crippen LogP contribution in [0.5, 0.6) is 11.5 Å². The number of rotatable bonds is 3. The topological polar surface area (TPSA) is 93.1 Å². The number of phenolic OH excluding ortho intramolecular Hbond substituents is 2. The summed E-state index contributed by atoms with van der Waals surface area (Å²) in [7, 11) is 2.45. The van der Waals surface area contributed by atoms with Gasteiger partial charge >= 0.3 is 11.9 Å². The van der Waals surface area contributed by atoms with Gasteiger partial charge in [-0.15, -0.1) is 0 Å². The summed E-state index contributed by atoms with van der Waals surface area (Å²) in [5.41, 5.74) is 0.804. The molecule has 2 rings (SSSR count). The highest BCUT2D eigenvalue weighted by atomic mass is 16.5. The Hall–Kier alpha value is -3.02. The zero-order chi connectivity index (χ0) is 16.3. The minimum atomic E-state index is -0.630. The molecule has 0 atom stereocenters. The van der Waals surface area contributed by atoms with E-state index in [0.29, 0.717) is 0 Å². The van der Waals surface area contributed by atoms with E-state index in [0.717, 1.165) is 0 Å². The molecule has 0 radical (unpaired) electrons. The van der Waals surface area contributed by atoms with Gasteiger partial charge in [0.2, 0.25) is 0 Å². The normalized spacial score (nSPS) is 10.1. The summed E-state index contributed by atoms with van der Waals surface area (Å²) in [6.45, 7) is 0. The Kier molecular flexibility index (Phi) is 4.31. The predicted molar refractivity (Wildman–Crippen MR) is 77.9 cm³/mol. The molecule has 0 saturated heterocycles. The molecule has 0 aromatic heterocycles. The minimum Gasteiger partial charge on any atom is -0.508 e. The van der Waals surface area contributed by atoms with Crippen molar-refractivity contribution >= 4 is 11.9 Å². The minimum absolute atomic E-state index is 0.0955. The summed E-state index contributed by atoms with van der Waals surface area (Å²) in [5.74, 6) is -1.45. The molecule has 6 nitrogen and oxygen atoms in total. The fraction of sp³-hybridized carbons (Fsp3) is 0.125. The molecule has 0 aliphatic rings. The molecule has 114 valence electrons. The Bertz CT molecular complexity index is 672. The molecule has 2 aromatic rings. The highest BCUT2D eigenvalue weighted by Crippen LogP contribution is 2.33. The van der Waals surface area contributed by atoms with Crippen molar-refractivity contribution in [3.63, 3.8) is 0 Å². The number of esters is 2. The summed E-state index contributed by atoms with van der Waals surface area (Å²) in [4.78, 5) is 23.7. The van der Waals surface area contributed by atoms with Gasteiger partial charge in [0.25, 0.3) is 0 Å². The Morgan fingerprint density at radius 1 is 0.773 bits per heavy atom. The van der Waals surface area contributed by atoms with E-state index >= 15 is 0 Å². The number of aromatic hydroxyl groups is 2. The van der Waals surface area contributed by atoms with Crippen molar-refractivity contribution in [2.45, 2.75) is 0 Å². The summed E-state index contributed by atoms with van der Waals surface area (Å²) in [6, 6.07) is 8.04. The van der Waals surface area contributed by atoms with E-state index in [2.05, 4.69) is 0 Å². The third-order valence-corrected chi connectivity index (χ3v) is 3.11. The first-order valence-corrected chi connectivity index (χ1v) is 6.31. The second-order valence-corrected chi connectivity index (χ2v) is 4.44. The number of benzene rings is 2. The maximum absolute atomic E-state index is 11.9. The molecule has 6 heteroatoms. The van der Waals surface area contributed by atoms with E-state index in [1.165, 1.54) is 50.6 Å². The standard InChI is InChI=1S/C16H14O6/c1-21-15(19)11-5-3-9(17)7-13(11)14-8-10(18)4-6-12(14)16(20)22-2/h3-8,17-18H,1-2H3. The first-order chi connectivity index (χ1) is 10.5. The average Bonchev–Trinajstić information content (AvgIpc) is 2.53. The van der Waals surface area contributed by atoms with Gasteiger partial charge in [-0.05, 0) is 36.4 Å². The van der Waals surface area contributed by atoms with Crippen LogP contribution in [0.25, 0.3) is 11.1 Å². The van der Waals surface area contributed by atoms with Gasteiger partial charge in [0.1, 0.15) is 11.5 Å². The molecule has 0 saturated carbocycles. The van der Waals surface area contributed by atoms with Crippen LogP contribution in [0.15, 0.2) is 36.4 Å². The van der Waals surface area contributed by atoms with Crippen LogP contribution in [0.4, 0.5) is 0 Å². The quantitative estimate of drug-likeness (QED) is 0.845. The second-order valence-electron chi connectivity index (χ2n) is 4.44. The third kappa shape index (κ3) is 2.85. The first-order valence-electron chi connectivity index (χ1n) is 6.31. The van der Waals surface area contributed by atoms with Crippen molar-refractivity contribution in [1.29, 1.82) is 0 Å². The van der Waals surface area contributed by atoms with Crippen molar-refractivity contribution in [3.8, 4) is 22.6 Å². The van der Waals surface area contributed by atoms with Crippen LogP contribution in [0.3, 0.4) is 0 Å².